The summed E-state index contributed by atoms with van der Waals surface area (Å²) in [5.74, 6) is 1.79. The van der Waals surface area contributed by atoms with Gasteiger partial charge in [-0.3, -0.25) is 10.1 Å². The van der Waals surface area contributed by atoms with Crippen molar-refractivity contribution in [2.24, 2.45) is 0 Å². The molecule has 2 aromatic rings. The van der Waals surface area contributed by atoms with Crippen LogP contribution in [0.3, 0.4) is 0 Å². The zero-order valence-electron chi connectivity index (χ0n) is 13.0. The van der Waals surface area contributed by atoms with E-state index in [2.05, 4.69) is 27.7 Å². The van der Waals surface area contributed by atoms with Crippen LogP contribution in [0.4, 0.5) is 0 Å². The smallest absolute Gasteiger partial charge is 0.237 e. The maximum Gasteiger partial charge on any atom is 0.237 e. The van der Waals surface area contributed by atoms with Gasteiger partial charge in [0.15, 0.2) is 0 Å². The molecular formula is C16H20N4O2S. The van der Waals surface area contributed by atoms with Crippen LogP contribution in [0.25, 0.3) is 11.4 Å². The number of hydrogen-bond donors (Lipinski definition) is 2. The molecule has 0 aliphatic carbocycles. The van der Waals surface area contributed by atoms with Gasteiger partial charge >= 0.3 is 0 Å². The Balaban J connectivity index is 1.56. The van der Waals surface area contributed by atoms with Crippen LogP contribution in [0.2, 0.25) is 0 Å². The monoisotopic (exact) mass is 332 g/mol. The van der Waals surface area contributed by atoms with Crippen LogP contribution in [0.5, 0.6) is 0 Å². The molecule has 0 saturated carbocycles. The predicted molar refractivity (Wildman–Crippen MR) is 89.4 cm³/mol. The molecule has 1 aliphatic heterocycles. The van der Waals surface area contributed by atoms with Crippen molar-refractivity contribution in [3.8, 4) is 11.4 Å². The Morgan fingerprint density at radius 2 is 2.17 bits per heavy atom. The summed E-state index contributed by atoms with van der Waals surface area (Å²) in [6.45, 7) is 2.12. The van der Waals surface area contributed by atoms with Crippen molar-refractivity contribution < 1.29 is 9.32 Å². The fourth-order valence-corrected chi connectivity index (χ4v) is 3.47. The number of aromatic nitrogens is 2. The zero-order valence-corrected chi connectivity index (χ0v) is 13.8. The Morgan fingerprint density at radius 3 is 2.96 bits per heavy atom. The summed E-state index contributed by atoms with van der Waals surface area (Å²) in [7, 11) is 0. The third kappa shape index (κ3) is 4.33. The van der Waals surface area contributed by atoms with Gasteiger partial charge in [0.2, 0.25) is 17.6 Å². The van der Waals surface area contributed by atoms with E-state index < -0.39 is 0 Å². The number of carbonyl (C=O) groups is 1. The van der Waals surface area contributed by atoms with Gasteiger partial charge in [0.05, 0.1) is 5.75 Å². The first-order valence-electron chi connectivity index (χ1n) is 7.79. The van der Waals surface area contributed by atoms with E-state index in [1.807, 2.05) is 30.3 Å². The van der Waals surface area contributed by atoms with Crippen molar-refractivity contribution in [2.45, 2.75) is 43.5 Å². The first-order valence-corrected chi connectivity index (χ1v) is 8.84. The Bertz CT molecular complexity index is 647. The minimum Gasteiger partial charge on any atom is -0.338 e. The Kier molecular flexibility index (Phi) is 5.30. The highest BCUT2D eigenvalue weighted by Gasteiger charge is 2.25. The lowest BCUT2D eigenvalue weighted by molar-refractivity contribution is -0.123. The molecule has 2 N–H and O–H groups in total. The molecular weight excluding hydrogens is 312 g/mol. The van der Waals surface area contributed by atoms with Gasteiger partial charge in [-0.25, -0.2) is 0 Å². The quantitative estimate of drug-likeness (QED) is 0.846. The SMILES string of the molecule is CCCC1CC(=O)NC(SCc2nc(-c3ccccc3)no2)N1. The molecule has 2 unspecified atom stereocenters. The molecule has 1 amide bonds. The van der Waals surface area contributed by atoms with Gasteiger partial charge in [-0.1, -0.05) is 48.8 Å². The Labute approximate surface area is 139 Å². The molecule has 0 radical (unpaired) electrons. The molecule has 3 rings (SSSR count). The third-order valence-corrected chi connectivity index (χ3v) is 4.62. The molecule has 0 bridgehead atoms. The average molecular weight is 332 g/mol. The van der Waals surface area contributed by atoms with E-state index in [4.69, 9.17) is 4.52 Å². The molecule has 1 fully saturated rings. The van der Waals surface area contributed by atoms with Crippen LogP contribution in [0, 0.1) is 0 Å². The molecule has 1 saturated heterocycles. The second-order valence-corrected chi connectivity index (χ2v) is 6.59. The van der Waals surface area contributed by atoms with Gasteiger partial charge in [0, 0.05) is 18.0 Å². The standard InChI is InChI=1S/C16H20N4O2S/c1-2-6-12-9-13(21)18-16(17-12)23-10-14-19-15(20-22-14)11-7-4-3-5-8-11/h3-5,7-8,12,16-17H,2,6,9-10H2,1H3,(H,18,21). The van der Waals surface area contributed by atoms with E-state index in [0.717, 1.165) is 18.4 Å². The van der Waals surface area contributed by atoms with E-state index in [-0.39, 0.29) is 17.4 Å². The van der Waals surface area contributed by atoms with E-state index >= 15 is 0 Å². The fraction of sp³-hybridized carbons (Fsp3) is 0.438. The van der Waals surface area contributed by atoms with Crippen LogP contribution >= 0.6 is 11.8 Å². The van der Waals surface area contributed by atoms with Crippen LogP contribution in [-0.2, 0) is 10.5 Å². The van der Waals surface area contributed by atoms with Crippen molar-refractivity contribution in [1.29, 1.82) is 0 Å². The topological polar surface area (TPSA) is 80.1 Å². The molecule has 23 heavy (non-hydrogen) atoms. The highest BCUT2D eigenvalue weighted by molar-refractivity contribution is 7.99. The highest BCUT2D eigenvalue weighted by atomic mass is 32.2. The first kappa shape index (κ1) is 16.0. The number of nitrogens with one attached hydrogen (secondary N) is 2. The van der Waals surface area contributed by atoms with Gasteiger partial charge < -0.3 is 9.84 Å². The largest absolute Gasteiger partial charge is 0.338 e. The molecule has 2 atom stereocenters. The summed E-state index contributed by atoms with van der Waals surface area (Å²) in [5, 5.41) is 10.4. The number of hydrogen-bond acceptors (Lipinski definition) is 6. The number of rotatable bonds is 6. The van der Waals surface area contributed by atoms with Crippen LogP contribution in [-0.4, -0.2) is 27.6 Å². The Morgan fingerprint density at radius 1 is 1.35 bits per heavy atom. The maximum atomic E-state index is 11.7. The molecule has 1 aliphatic rings. The van der Waals surface area contributed by atoms with E-state index in [9.17, 15) is 4.79 Å². The maximum absolute atomic E-state index is 11.7. The molecule has 1 aromatic carbocycles. The molecule has 6 nitrogen and oxygen atoms in total. The molecule has 1 aromatic heterocycles. The molecule has 2 heterocycles. The number of amides is 1. The number of carbonyl (C=O) groups excluding carboxylic acids is 1. The summed E-state index contributed by atoms with van der Waals surface area (Å²) in [5.41, 5.74) is 0.819. The summed E-state index contributed by atoms with van der Waals surface area (Å²) >= 11 is 1.55. The second-order valence-electron chi connectivity index (χ2n) is 5.49. The van der Waals surface area contributed by atoms with Crippen molar-refractivity contribution in [3.63, 3.8) is 0 Å². The minimum atomic E-state index is -0.111. The molecule has 0 spiro atoms. The van der Waals surface area contributed by atoms with Crippen LogP contribution in [0.1, 0.15) is 32.1 Å². The van der Waals surface area contributed by atoms with Crippen LogP contribution < -0.4 is 10.6 Å². The summed E-state index contributed by atoms with van der Waals surface area (Å²) in [4.78, 5) is 16.1. The lowest BCUT2D eigenvalue weighted by atomic mass is 10.1. The van der Waals surface area contributed by atoms with Crippen LogP contribution in [0.15, 0.2) is 34.9 Å². The van der Waals surface area contributed by atoms with Gasteiger partial charge in [0.25, 0.3) is 0 Å². The van der Waals surface area contributed by atoms with Crippen molar-refractivity contribution in [2.75, 3.05) is 0 Å². The van der Waals surface area contributed by atoms with Crippen molar-refractivity contribution >= 4 is 17.7 Å². The summed E-state index contributed by atoms with van der Waals surface area (Å²) in [6, 6.07) is 9.96. The summed E-state index contributed by atoms with van der Waals surface area (Å²) in [6.07, 6.45) is 2.61. The summed E-state index contributed by atoms with van der Waals surface area (Å²) < 4.78 is 5.29. The van der Waals surface area contributed by atoms with E-state index in [1.165, 1.54) is 0 Å². The van der Waals surface area contributed by atoms with Gasteiger partial charge in [-0.15, -0.1) is 11.8 Å². The van der Waals surface area contributed by atoms with Gasteiger partial charge in [0.1, 0.15) is 5.50 Å². The van der Waals surface area contributed by atoms with Crippen molar-refractivity contribution in [3.05, 3.63) is 36.2 Å². The first-order chi connectivity index (χ1) is 11.2. The molecule has 7 heteroatoms. The van der Waals surface area contributed by atoms with Gasteiger partial charge in [-0.2, -0.15) is 4.98 Å². The Hall–Kier alpha value is -1.86. The number of benzene rings is 1. The normalized spacial score (nSPS) is 21.2. The number of nitrogens with zero attached hydrogens (tertiary/aromatic N) is 2. The average Bonchev–Trinajstić information content (AvgIpc) is 3.03. The number of thioether (sulfide) groups is 1. The lowest BCUT2D eigenvalue weighted by Gasteiger charge is -2.30. The van der Waals surface area contributed by atoms with Gasteiger partial charge in [-0.05, 0) is 6.42 Å². The minimum absolute atomic E-state index is 0.0928. The second kappa shape index (κ2) is 7.61. The zero-order chi connectivity index (χ0) is 16.1. The van der Waals surface area contributed by atoms with Crippen molar-refractivity contribution in [1.82, 2.24) is 20.8 Å². The van der Waals surface area contributed by atoms with E-state index in [0.29, 0.717) is 23.9 Å². The molecule has 122 valence electrons. The highest BCUT2D eigenvalue weighted by Crippen LogP contribution is 2.21. The third-order valence-electron chi connectivity index (χ3n) is 3.62. The van der Waals surface area contributed by atoms with E-state index in [1.54, 1.807) is 11.8 Å². The fourth-order valence-electron chi connectivity index (χ4n) is 2.54. The lowest BCUT2D eigenvalue weighted by Crippen LogP contribution is -2.54. The predicted octanol–water partition coefficient (Wildman–Crippen LogP) is 2.53.